The molecule has 0 amide bonds. The van der Waals surface area contributed by atoms with Crippen molar-refractivity contribution in [2.75, 3.05) is 13.7 Å². The molecule has 7 nitrogen and oxygen atoms in total. The van der Waals surface area contributed by atoms with Crippen molar-refractivity contribution in [3.63, 3.8) is 0 Å². The average Bonchev–Trinajstić information content (AvgIpc) is 2.35. The third-order valence-electron chi connectivity index (χ3n) is 2.19. The van der Waals surface area contributed by atoms with Gasteiger partial charge in [-0.25, -0.2) is 13.1 Å². The van der Waals surface area contributed by atoms with Crippen molar-refractivity contribution >= 4 is 15.7 Å². The van der Waals surface area contributed by atoms with Crippen LogP contribution in [0.5, 0.6) is 5.75 Å². The summed E-state index contributed by atoms with van der Waals surface area (Å²) in [6.07, 6.45) is 0.647. The molecule has 1 aromatic rings. The molecule has 0 aliphatic carbocycles. The lowest BCUT2D eigenvalue weighted by Crippen LogP contribution is -2.24. The molecule has 0 fully saturated rings. The van der Waals surface area contributed by atoms with Crippen LogP contribution < -0.4 is 9.46 Å². The second kappa shape index (κ2) is 5.78. The quantitative estimate of drug-likeness (QED) is 0.622. The first-order valence-corrected chi connectivity index (χ1v) is 6.72. The van der Waals surface area contributed by atoms with Gasteiger partial charge in [-0.15, -0.1) is 0 Å². The first-order valence-electron chi connectivity index (χ1n) is 5.24. The molecular formula is C10H14N2O5S. The number of sulfonamides is 1. The zero-order valence-electron chi connectivity index (χ0n) is 10.0. The van der Waals surface area contributed by atoms with Gasteiger partial charge in [-0.1, -0.05) is 6.92 Å². The fraction of sp³-hybridized carbons (Fsp3) is 0.400. The number of nitro benzene ring substituents is 1. The number of nitrogens with zero attached hydrogens (tertiary/aromatic N) is 1. The molecule has 0 heterocycles. The standard InChI is InChI=1S/C10H14N2O5S/c1-3-6-11-18(15,16)10-5-4-8(12(13)14)7-9(10)17-2/h4-5,7,11H,3,6H2,1-2H3. The Hall–Kier alpha value is -1.67. The van der Waals surface area contributed by atoms with Crippen LogP contribution in [-0.4, -0.2) is 27.0 Å². The van der Waals surface area contributed by atoms with Gasteiger partial charge < -0.3 is 4.74 Å². The Labute approximate surface area is 105 Å². The summed E-state index contributed by atoms with van der Waals surface area (Å²) >= 11 is 0. The van der Waals surface area contributed by atoms with Gasteiger partial charge in [0.25, 0.3) is 5.69 Å². The number of benzene rings is 1. The first-order chi connectivity index (χ1) is 8.42. The molecule has 0 saturated heterocycles. The lowest BCUT2D eigenvalue weighted by Gasteiger charge is -2.09. The number of ether oxygens (including phenoxy) is 1. The zero-order chi connectivity index (χ0) is 13.8. The van der Waals surface area contributed by atoms with E-state index in [1.807, 2.05) is 6.92 Å². The fourth-order valence-corrected chi connectivity index (χ4v) is 2.59. The molecule has 0 radical (unpaired) electrons. The van der Waals surface area contributed by atoms with Crippen LogP contribution in [0.25, 0.3) is 0 Å². The molecule has 0 aliphatic rings. The minimum Gasteiger partial charge on any atom is -0.495 e. The van der Waals surface area contributed by atoms with Crippen molar-refractivity contribution in [1.29, 1.82) is 0 Å². The molecule has 8 heteroatoms. The summed E-state index contributed by atoms with van der Waals surface area (Å²) < 4.78 is 31.0. The van der Waals surface area contributed by atoms with E-state index in [0.29, 0.717) is 13.0 Å². The maximum atomic E-state index is 11.9. The third kappa shape index (κ3) is 3.17. The van der Waals surface area contributed by atoms with Crippen LogP contribution in [0.1, 0.15) is 13.3 Å². The van der Waals surface area contributed by atoms with Crippen LogP contribution in [0.4, 0.5) is 5.69 Å². The minimum atomic E-state index is -3.71. The largest absolute Gasteiger partial charge is 0.495 e. The topological polar surface area (TPSA) is 98.5 Å². The van der Waals surface area contributed by atoms with E-state index in [9.17, 15) is 18.5 Å². The predicted octanol–water partition coefficient (Wildman–Crippen LogP) is 1.29. The van der Waals surface area contributed by atoms with E-state index in [4.69, 9.17) is 4.74 Å². The van der Waals surface area contributed by atoms with Gasteiger partial charge in [0.1, 0.15) is 10.6 Å². The van der Waals surface area contributed by atoms with Gasteiger partial charge in [0.2, 0.25) is 10.0 Å². The highest BCUT2D eigenvalue weighted by Crippen LogP contribution is 2.28. The lowest BCUT2D eigenvalue weighted by atomic mass is 10.3. The number of nitrogens with one attached hydrogen (secondary N) is 1. The van der Waals surface area contributed by atoms with Gasteiger partial charge in [0, 0.05) is 12.6 Å². The molecule has 0 unspecified atom stereocenters. The first kappa shape index (κ1) is 14.4. The van der Waals surface area contributed by atoms with Gasteiger partial charge in [0.05, 0.1) is 18.1 Å². The van der Waals surface area contributed by atoms with E-state index in [1.54, 1.807) is 0 Å². The summed E-state index contributed by atoms with van der Waals surface area (Å²) in [5, 5.41) is 10.6. The molecule has 100 valence electrons. The second-order valence-corrected chi connectivity index (χ2v) is 5.23. The van der Waals surface area contributed by atoms with Crippen molar-refractivity contribution in [1.82, 2.24) is 4.72 Å². The third-order valence-corrected chi connectivity index (χ3v) is 3.69. The molecule has 0 spiro atoms. The molecule has 0 bridgehead atoms. The Morgan fingerprint density at radius 1 is 1.44 bits per heavy atom. The summed E-state index contributed by atoms with van der Waals surface area (Å²) in [4.78, 5) is 9.87. The fourth-order valence-electron chi connectivity index (χ4n) is 1.31. The van der Waals surface area contributed by atoms with E-state index in [0.717, 1.165) is 18.2 Å². The van der Waals surface area contributed by atoms with Gasteiger partial charge in [-0.3, -0.25) is 10.1 Å². The Kier molecular flexibility index (Phi) is 4.62. The number of hydrogen-bond donors (Lipinski definition) is 1. The van der Waals surface area contributed by atoms with E-state index < -0.39 is 14.9 Å². The van der Waals surface area contributed by atoms with Gasteiger partial charge in [-0.05, 0) is 12.5 Å². The van der Waals surface area contributed by atoms with Crippen molar-refractivity contribution < 1.29 is 18.1 Å². The normalized spacial score (nSPS) is 11.2. The molecule has 1 aromatic carbocycles. The average molecular weight is 274 g/mol. The number of non-ortho nitro benzene ring substituents is 1. The summed E-state index contributed by atoms with van der Waals surface area (Å²) in [5.41, 5.74) is -0.221. The Morgan fingerprint density at radius 2 is 2.11 bits per heavy atom. The van der Waals surface area contributed by atoms with E-state index >= 15 is 0 Å². The highest BCUT2D eigenvalue weighted by molar-refractivity contribution is 7.89. The molecule has 0 atom stereocenters. The van der Waals surface area contributed by atoms with Crippen molar-refractivity contribution in [2.24, 2.45) is 0 Å². The maximum Gasteiger partial charge on any atom is 0.273 e. The smallest absolute Gasteiger partial charge is 0.273 e. The summed E-state index contributed by atoms with van der Waals surface area (Å²) in [7, 11) is -2.44. The zero-order valence-corrected chi connectivity index (χ0v) is 10.9. The summed E-state index contributed by atoms with van der Waals surface area (Å²) in [5.74, 6) is -0.0483. The Morgan fingerprint density at radius 3 is 2.61 bits per heavy atom. The lowest BCUT2D eigenvalue weighted by molar-refractivity contribution is -0.385. The number of hydrogen-bond acceptors (Lipinski definition) is 5. The van der Waals surface area contributed by atoms with Crippen LogP contribution in [0.2, 0.25) is 0 Å². The van der Waals surface area contributed by atoms with Crippen LogP contribution in [0.3, 0.4) is 0 Å². The molecule has 18 heavy (non-hydrogen) atoms. The summed E-state index contributed by atoms with van der Waals surface area (Å²) in [6, 6.07) is 3.37. The molecule has 0 aliphatic heterocycles. The number of methoxy groups -OCH3 is 1. The number of rotatable bonds is 6. The molecular weight excluding hydrogens is 260 g/mol. The SMILES string of the molecule is CCCNS(=O)(=O)c1ccc([N+](=O)[O-])cc1OC. The number of nitro groups is 1. The highest BCUT2D eigenvalue weighted by Gasteiger charge is 2.21. The predicted molar refractivity (Wildman–Crippen MR) is 65.1 cm³/mol. The Balaban J connectivity index is 3.21. The second-order valence-electron chi connectivity index (χ2n) is 3.49. The van der Waals surface area contributed by atoms with Crippen LogP contribution >= 0.6 is 0 Å². The van der Waals surface area contributed by atoms with Gasteiger partial charge in [0.15, 0.2) is 0 Å². The monoisotopic (exact) mass is 274 g/mol. The van der Waals surface area contributed by atoms with Gasteiger partial charge in [-0.2, -0.15) is 0 Å². The van der Waals surface area contributed by atoms with Crippen LogP contribution in [0, 0.1) is 10.1 Å². The van der Waals surface area contributed by atoms with Crippen LogP contribution in [0.15, 0.2) is 23.1 Å². The molecule has 1 N–H and O–H groups in total. The Bertz CT molecular complexity index is 541. The van der Waals surface area contributed by atoms with E-state index in [2.05, 4.69) is 4.72 Å². The van der Waals surface area contributed by atoms with Crippen LogP contribution in [-0.2, 0) is 10.0 Å². The van der Waals surface area contributed by atoms with Gasteiger partial charge >= 0.3 is 0 Å². The van der Waals surface area contributed by atoms with Crippen molar-refractivity contribution in [2.45, 2.75) is 18.2 Å². The van der Waals surface area contributed by atoms with Crippen molar-refractivity contribution in [3.05, 3.63) is 28.3 Å². The van der Waals surface area contributed by atoms with E-state index in [1.165, 1.54) is 7.11 Å². The van der Waals surface area contributed by atoms with Crippen molar-refractivity contribution in [3.8, 4) is 5.75 Å². The molecule has 0 saturated carbocycles. The summed E-state index contributed by atoms with van der Waals surface area (Å²) in [6.45, 7) is 2.12. The minimum absolute atomic E-state index is 0.0483. The molecule has 1 rings (SSSR count). The molecule has 0 aromatic heterocycles. The maximum absolute atomic E-state index is 11.9. The van der Waals surface area contributed by atoms with E-state index in [-0.39, 0.29) is 16.3 Å². The highest BCUT2D eigenvalue weighted by atomic mass is 32.2.